The number of carbonyl (C=O) groups is 2. The van der Waals surface area contributed by atoms with Crippen LogP contribution in [0.15, 0.2) is 11.6 Å². The van der Waals surface area contributed by atoms with Gasteiger partial charge in [-0.15, -0.1) is 0 Å². The Kier molecular flexibility index (Phi) is 5.84. The molecule has 0 amide bonds. The third-order valence-corrected chi connectivity index (χ3v) is 4.42. The Labute approximate surface area is 143 Å². The summed E-state index contributed by atoms with van der Waals surface area (Å²) >= 11 is 0. The Morgan fingerprint density at radius 1 is 1.42 bits per heavy atom. The van der Waals surface area contributed by atoms with Crippen molar-refractivity contribution in [3.8, 4) is 11.5 Å². The summed E-state index contributed by atoms with van der Waals surface area (Å²) in [5.74, 6) is -0.357. The van der Waals surface area contributed by atoms with E-state index in [-0.39, 0.29) is 30.3 Å². The SMILES string of the molecule is COc1c(C)c2c(c(O)c1C/C=C(\C)CCC(=O)OP)C(=O)OC2. The molecule has 0 radical (unpaired) electrons. The lowest BCUT2D eigenvalue weighted by Gasteiger charge is -2.15. The maximum absolute atomic E-state index is 11.8. The first kappa shape index (κ1) is 18.3. The van der Waals surface area contributed by atoms with Gasteiger partial charge in [0.15, 0.2) is 0 Å². The van der Waals surface area contributed by atoms with E-state index in [1.54, 1.807) is 0 Å². The summed E-state index contributed by atoms with van der Waals surface area (Å²) in [6.45, 7) is 3.89. The zero-order valence-corrected chi connectivity index (χ0v) is 15.1. The molecule has 0 saturated heterocycles. The van der Waals surface area contributed by atoms with E-state index in [0.717, 1.165) is 11.1 Å². The molecule has 0 fully saturated rings. The number of phenolic OH excluding ortho intramolecular Hbond substituents is 1. The largest absolute Gasteiger partial charge is 0.507 e. The van der Waals surface area contributed by atoms with E-state index >= 15 is 0 Å². The molecule has 0 saturated carbocycles. The summed E-state index contributed by atoms with van der Waals surface area (Å²) in [5.41, 5.74) is 3.21. The van der Waals surface area contributed by atoms with Crippen LogP contribution in [0.3, 0.4) is 0 Å². The molecule has 1 aromatic carbocycles. The summed E-state index contributed by atoms with van der Waals surface area (Å²) in [7, 11) is 3.46. The van der Waals surface area contributed by atoms with Gasteiger partial charge in [0.1, 0.15) is 23.7 Å². The zero-order chi connectivity index (χ0) is 17.9. The first-order chi connectivity index (χ1) is 11.4. The fourth-order valence-corrected chi connectivity index (χ4v) is 2.88. The van der Waals surface area contributed by atoms with E-state index in [0.29, 0.717) is 29.7 Å². The highest BCUT2D eigenvalue weighted by molar-refractivity contribution is 7.10. The number of rotatable bonds is 6. The number of phenols is 1. The Morgan fingerprint density at radius 2 is 2.12 bits per heavy atom. The zero-order valence-electron chi connectivity index (χ0n) is 14.0. The molecule has 1 N–H and O–H groups in total. The van der Waals surface area contributed by atoms with Gasteiger partial charge in [0.2, 0.25) is 0 Å². The Balaban J connectivity index is 2.30. The van der Waals surface area contributed by atoms with Gasteiger partial charge in [0.25, 0.3) is 0 Å². The number of benzene rings is 1. The van der Waals surface area contributed by atoms with Crippen LogP contribution in [0.4, 0.5) is 0 Å². The van der Waals surface area contributed by atoms with Crippen LogP contribution >= 0.6 is 9.47 Å². The Hall–Kier alpha value is -2.07. The molecule has 2 rings (SSSR count). The van der Waals surface area contributed by atoms with Crippen LogP contribution < -0.4 is 4.74 Å². The number of methoxy groups -OCH3 is 1. The second kappa shape index (κ2) is 7.67. The van der Waals surface area contributed by atoms with Gasteiger partial charge < -0.3 is 19.1 Å². The number of allylic oxidation sites excluding steroid dienone is 2. The summed E-state index contributed by atoms with van der Waals surface area (Å²) < 4.78 is 15.0. The third-order valence-electron chi connectivity index (χ3n) is 4.16. The standard InChI is InChI=1S/C17H21O6P/c1-9(5-7-13(18)23-24)4-6-11-15(19)14-12(8-22-17(14)20)10(2)16(11)21-3/h4,19H,5-8,24H2,1-3H3/b9-4+. The van der Waals surface area contributed by atoms with Crippen molar-refractivity contribution in [1.29, 1.82) is 0 Å². The summed E-state index contributed by atoms with van der Waals surface area (Å²) in [6, 6.07) is 0. The van der Waals surface area contributed by atoms with Crippen molar-refractivity contribution in [2.75, 3.05) is 7.11 Å². The highest BCUT2D eigenvalue weighted by Gasteiger charge is 2.31. The van der Waals surface area contributed by atoms with E-state index in [1.807, 2.05) is 29.4 Å². The minimum atomic E-state index is -0.515. The molecule has 0 aromatic heterocycles. The van der Waals surface area contributed by atoms with Gasteiger partial charge in [0, 0.05) is 17.5 Å². The van der Waals surface area contributed by atoms with Gasteiger partial charge in [-0.25, -0.2) is 4.79 Å². The second-order valence-corrected chi connectivity index (χ2v) is 5.90. The molecule has 0 aliphatic carbocycles. The highest BCUT2D eigenvalue weighted by atomic mass is 31.0. The fraction of sp³-hybridized carbons (Fsp3) is 0.412. The maximum atomic E-state index is 11.8. The highest BCUT2D eigenvalue weighted by Crippen LogP contribution is 2.42. The summed E-state index contributed by atoms with van der Waals surface area (Å²) in [5, 5.41) is 10.5. The minimum Gasteiger partial charge on any atom is -0.507 e. The molecule has 1 aliphatic heterocycles. The van der Waals surface area contributed by atoms with E-state index in [2.05, 4.69) is 4.52 Å². The predicted octanol–water partition coefficient (Wildman–Crippen LogP) is 2.98. The smallest absolute Gasteiger partial charge is 0.342 e. The first-order valence-corrected chi connectivity index (χ1v) is 8.01. The number of aromatic hydroxyl groups is 1. The average molecular weight is 352 g/mol. The third kappa shape index (κ3) is 3.54. The molecular formula is C17H21O6P. The molecule has 6 nitrogen and oxygen atoms in total. The number of esters is 1. The molecule has 130 valence electrons. The molecule has 24 heavy (non-hydrogen) atoms. The lowest BCUT2D eigenvalue weighted by atomic mass is 9.94. The quantitative estimate of drug-likeness (QED) is 0.481. The van der Waals surface area contributed by atoms with E-state index in [9.17, 15) is 14.7 Å². The van der Waals surface area contributed by atoms with Crippen molar-refractivity contribution >= 4 is 21.4 Å². The Bertz CT molecular complexity index is 708. The number of hydrogen-bond donors (Lipinski definition) is 1. The molecule has 0 bridgehead atoms. The van der Waals surface area contributed by atoms with Crippen molar-refractivity contribution in [1.82, 2.24) is 0 Å². The van der Waals surface area contributed by atoms with Crippen molar-refractivity contribution in [2.45, 2.75) is 39.7 Å². The van der Waals surface area contributed by atoms with E-state index in [4.69, 9.17) is 9.47 Å². The van der Waals surface area contributed by atoms with Gasteiger partial charge >= 0.3 is 11.9 Å². The van der Waals surface area contributed by atoms with E-state index in [1.165, 1.54) is 7.11 Å². The van der Waals surface area contributed by atoms with Crippen LogP contribution in [0.2, 0.25) is 0 Å². The number of fused-ring (bicyclic) bond motifs is 1. The van der Waals surface area contributed by atoms with Crippen molar-refractivity contribution in [2.24, 2.45) is 0 Å². The monoisotopic (exact) mass is 352 g/mol. The normalized spacial score (nSPS) is 13.5. The van der Waals surface area contributed by atoms with Crippen molar-refractivity contribution in [3.05, 3.63) is 33.9 Å². The van der Waals surface area contributed by atoms with Crippen LogP contribution in [-0.4, -0.2) is 24.2 Å². The van der Waals surface area contributed by atoms with Crippen LogP contribution in [0, 0.1) is 6.92 Å². The number of hydrogen-bond acceptors (Lipinski definition) is 6. The van der Waals surface area contributed by atoms with Crippen molar-refractivity contribution in [3.63, 3.8) is 0 Å². The number of ether oxygens (including phenoxy) is 2. The predicted molar refractivity (Wildman–Crippen MR) is 91.0 cm³/mol. The molecule has 0 spiro atoms. The molecule has 1 heterocycles. The molecule has 1 unspecified atom stereocenters. The molecular weight excluding hydrogens is 331 g/mol. The van der Waals surface area contributed by atoms with Gasteiger partial charge in [-0.1, -0.05) is 11.6 Å². The fourth-order valence-electron chi connectivity index (χ4n) is 2.76. The van der Waals surface area contributed by atoms with Crippen LogP contribution in [0.5, 0.6) is 11.5 Å². The van der Waals surface area contributed by atoms with Crippen molar-refractivity contribution < 1.29 is 28.7 Å². The molecule has 1 aromatic rings. The van der Waals surface area contributed by atoms with Crippen LogP contribution in [0.25, 0.3) is 0 Å². The maximum Gasteiger partial charge on any atom is 0.342 e. The summed E-state index contributed by atoms with van der Waals surface area (Å²) in [6.07, 6.45) is 3.13. The average Bonchev–Trinajstić information content (AvgIpc) is 2.96. The second-order valence-electron chi connectivity index (χ2n) is 5.66. The first-order valence-electron chi connectivity index (χ1n) is 7.54. The Morgan fingerprint density at radius 3 is 2.75 bits per heavy atom. The molecule has 1 aliphatic rings. The summed E-state index contributed by atoms with van der Waals surface area (Å²) in [4.78, 5) is 23.0. The van der Waals surface area contributed by atoms with Gasteiger partial charge in [-0.05, 0) is 32.3 Å². The number of cyclic esters (lactones) is 1. The number of carbonyl (C=O) groups excluding carboxylic acids is 2. The topological polar surface area (TPSA) is 82.1 Å². The van der Waals surface area contributed by atoms with Gasteiger partial charge in [-0.2, -0.15) is 0 Å². The lowest BCUT2D eigenvalue weighted by Crippen LogP contribution is -2.03. The van der Waals surface area contributed by atoms with Crippen LogP contribution in [0.1, 0.15) is 46.8 Å². The van der Waals surface area contributed by atoms with Gasteiger partial charge in [-0.3, -0.25) is 4.79 Å². The van der Waals surface area contributed by atoms with Gasteiger partial charge in [0.05, 0.1) is 16.6 Å². The lowest BCUT2D eigenvalue weighted by molar-refractivity contribution is -0.133. The minimum absolute atomic E-state index is 0.0941. The molecule has 7 heteroatoms. The van der Waals surface area contributed by atoms with E-state index < -0.39 is 5.97 Å². The molecule has 1 atom stereocenters. The van der Waals surface area contributed by atoms with Crippen LogP contribution in [-0.2, 0) is 27.1 Å².